The summed E-state index contributed by atoms with van der Waals surface area (Å²) in [5.41, 5.74) is 1.06. The maximum atomic E-state index is 12.6. The summed E-state index contributed by atoms with van der Waals surface area (Å²) in [7, 11) is -3.92. The number of carbonyl (C=O) groups is 2. The number of esters is 1. The van der Waals surface area contributed by atoms with E-state index in [0.29, 0.717) is 17.0 Å². The molecule has 0 aliphatic heterocycles. The molecule has 0 fully saturated rings. The molecule has 33 heavy (non-hydrogen) atoms. The van der Waals surface area contributed by atoms with Gasteiger partial charge in [-0.05, 0) is 55.0 Å². The Hall–Kier alpha value is -3.65. The van der Waals surface area contributed by atoms with E-state index in [2.05, 4.69) is 10.0 Å². The summed E-state index contributed by atoms with van der Waals surface area (Å²) in [4.78, 5) is 24.5. The Morgan fingerprint density at radius 1 is 1.18 bits per heavy atom. The molecule has 0 unspecified atom stereocenters. The number of anilines is 1. The number of benzene rings is 2. The van der Waals surface area contributed by atoms with Crippen LogP contribution in [0, 0.1) is 18.3 Å². The van der Waals surface area contributed by atoms with E-state index in [1.54, 1.807) is 19.1 Å². The lowest BCUT2D eigenvalue weighted by molar-refractivity contribution is -0.119. The molecule has 0 bridgehead atoms. The number of halogens is 1. The van der Waals surface area contributed by atoms with Crippen LogP contribution in [0.2, 0.25) is 5.02 Å². The van der Waals surface area contributed by atoms with Crippen LogP contribution in [0.1, 0.15) is 27.2 Å². The number of amides is 1. The molecule has 0 radical (unpaired) electrons. The molecule has 1 aromatic heterocycles. The van der Waals surface area contributed by atoms with Crippen LogP contribution in [0.5, 0.6) is 0 Å². The van der Waals surface area contributed by atoms with Crippen LogP contribution >= 0.6 is 11.6 Å². The molecule has 0 saturated carbocycles. The van der Waals surface area contributed by atoms with Gasteiger partial charge in [-0.2, -0.15) is 5.26 Å². The molecular formula is C22H18ClN3O6S. The lowest BCUT2D eigenvalue weighted by atomic mass is 10.1. The van der Waals surface area contributed by atoms with Crippen molar-refractivity contribution in [2.24, 2.45) is 0 Å². The number of aryl methyl sites for hydroxylation is 1. The van der Waals surface area contributed by atoms with Gasteiger partial charge in [0.15, 0.2) is 6.61 Å². The predicted molar refractivity (Wildman–Crippen MR) is 119 cm³/mol. The molecule has 0 aliphatic carbocycles. The number of hydrogen-bond donors (Lipinski definition) is 2. The topological polar surface area (TPSA) is 138 Å². The summed E-state index contributed by atoms with van der Waals surface area (Å²) < 4.78 is 37.6. The fourth-order valence-electron chi connectivity index (χ4n) is 2.74. The second kappa shape index (κ2) is 10.3. The number of sulfonamides is 1. The van der Waals surface area contributed by atoms with Crippen LogP contribution in [-0.4, -0.2) is 26.9 Å². The first-order chi connectivity index (χ1) is 15.7. The Kier molecular flexibility index (Phi) is 7.50. The Bertz CT molecular complexity index is 1330. The second-order valence-electron chi connectivity index (χ2n) is 6.81. The molecule has 0 saturated heterocycles. The van der Waals surface area contributed by atoms with Crippen molar-refractivity contribution in [1.29, 1.82) is 5.26 Å². The Balaban J connectivity index is 1.64. The maximum Gasteiger partial charge on any atom is 0.338 e. The van der Waals surface area contributed by atoms with Gasteiger partial charge in [0, 0.05) is 5.69 Å². The van der Waals surface area contributed by atoms with Crippen molar-refractivity contribution in [2.75, 3.05) is 11.9 Å². The monoisotopic (exact) mass is 487 g/mol. The van der Waals surface area contributed by atoms with Crippen molar-refractivity contribution in [1.82, 2.24) is 4.72 Å². The van der Waals surface area contributed by atoms with E-state index in [1.807, 2.05) is 6.07 Å². The fraction of sp³-hybridized carbons (Fsp3) is 0.136. The summed E-state index contributed by atoms with van der Waals surface area (Å²) >= 11 is 5.92. The van der Waals surface area contributed by atoms with E-state index >= 15 is 0 Å². The van der Waals surface area contributed by atoms with Gasteiger partial charge in [0.05, 0.1) is 33.9 Å². The minimum atomic E-state index is -3.92. The highest BCUT2D eigenvalue weighted by molar-refractivity contribution is 7.89. The van der Waals surface area contributed by atoms with E-state index in [0.717, 1.165) is 0 Å². The number of nitrogens with zero attached hydrogens (tertiary/aromatic N) is 1. The average molecular weight is 488 g/mol. The molecule has 0 spiro atoms. The Morgan fingerprint density at radius 3 is 2.64 bits per heavy atom. The summed E-state index contributed by atoms with van der Waals surface area (Å²) in [6.07, 6.45) is 1.43. The van der Waals surface area contributed by atoms with Crippen molar-refractivity contribution in [3.05, 3.63) is 82.3 Å². The normalized spacial score (nSPS) is 10.9. The van der Waals surface area contributed by atoms with Crippen LogP contribution < -0.4 is 10.0 Å². The van der Waals surface area contributed by atoms with E-state index < -0.39 is 28.5 Å². The molecule has 9 nitrogen and oxygen atoms in total. The van der Waals surface area contributed by atoms with Gasteiger partial charge in [0.1, 0.15) is 11.8 Å². The van der Waals surface area contributed by atoms with Crippen molar-refractivity contribution >= 4 is 39.2 Å². The molecule has 0 aliphatic rings. The predicted octanol–water partition coefficient (Wildman–Crippen LogP) is 3.39. The lowest BCUT2D eigenvalue weighted by Crippen LogP contribution is -2.24. The third kappa shape index (κ3) is 6.20. The first kappa shape index (κ1) is 24.0. The van der Waals surface area contributed by atoms with Crippen LogP contribution in [-0.2, 0) is 26.1 Å². The Labute approximate surface area is 195 Å². The third-order valence-corrected chi connectivity index (χ3v) is 6.18. The van der Waals surface area contributed by atoms with Gasteiger partial charge in [-0.25, -0.2) is 17.9 Å². The molecule has 170 valence electrons. The number of furan rings is 1. The minimum absolute atomic E-state index is 0.00471. The fourth-order valence-corrected chi connectivity index (χ4v) is 3.98. The van der Waals surface area contributed by atoms with Gasteiger partial charge in [-0.3, -0.25) is 4.79 Å². The molecular weight excluding hydrogens is 470 g/mol. The van der Waals surface area contributed by atoms with Crippen LogP contribution in [0.25, 0.3) is 0 Å². The molecule has 2 N–H and O–H groups in total. The summed E-state index contributed by atoms with van der Waals surface area (Å²) in [5, 5.41) is 11.5. The van der Waals surface area contributed by atoms with Gasteiger partial charge in [-0.15, -0.1) is 0 Å². The van der Waals surface area contributed by atoms with Crippen LogP contribution in [0.3, 0.4) is 0 Å². The number of nitrogens with one attached hydrogen (secondary N) is 2. The zero-order valence-corrected chi connectivity index (χ0v) is 18.9. The van der Waals surface area contributed by atoms with Crippen molar-refractivity contribution in [2.45, 2.75) is 18.4 Å². The van der Waals surface area contributed by atoms with E-state index in [1.165, 1.54) is 42.7 Å². The quantitative estimate of drug-likeness (QED) is 0.464. The van der Waals surface area contributed by atoms with Crippen molar-refractivity contribution in [3.8, 4) is 6.07 Å². The van der Waals surface area contributed by atoms with Crippen LogP contribution in [0.15, 0.2) is 64.1 Å². The molecule has 0 atom stereocenters. The molecule has 2 aromatic carbocycles. The van der Waals surface area contributed by atoms with E-state index in [-0.39, 0.29) is 27.6 Å². The molecule has 1 heterocycles. The zero-order valence-electron chi connectivity index (χ0n) is 17.3. The van der Waals surface area contributed by atoms with Gasteiger partial charge in [0.2, 0.25) is 10.0 Å². The Morgan fingerprint density at radius 2 is 1.97 bits per heavy atom. The molecule has 1 amide bonds. The van der Waals surface area contributed by atoms with E-state index in [9.17, 15) is 18.0 Å². The first-order valence-electron chi connectivity index (χ1n) is 9.49. The summed E-state index contributed by atoms with van der Waals surface area (Å²) in [6, 6.07) is 13.5. The second-order valence-corrected chi connectivity index (χ2v) is 8.99. The minimum Gasteiger partial charge on any atom is -0.468 e. The highest BCUT2D eigenvalue weighted by Crippen LogP contribution is 2.20. The van der Waals surface area contributed by atoms with Gasteiger partial charge in [0.25, 0.3) is 5.91 Å². The van der Waals surface area contributed by atoms with Crippen molar-refractivity contribution < 1.29 is 27.2 Å². The molecule has 11 heteroatoms. The first-order valence-corrected chi connectivity index (χ1v) is 11.3. The molecule has 3 aromatic rings. The summed E-state index contributed by atoms with van der Waals surface area (Å²) in [5.74, 6) is -1.06. The third-order valence-electron chi connectivity index (χ3n) is 4.46. The van der Waals surface area contributed by atoms with E-state index in [4.69, 9.17) is 26.0 Å². The largest absolute Gasteiger partial charge is 0.468 e. The van der Waals surface area contributed by atoms with Crippen molar-refractivity contribution in [3.63, 3.8) is 0 Å². The number of carbonyl (C=O) groups excluding carboxylic acids is 2. The average Bonchev–Trinajstić information content (AvgIpc) is 3.30. The standard InChI is InChI=1S/C22H18ClN3O6S/c1-14-4-7-18(33(29,30)25-12-17-3-2-8-31-17)10-19(14)22(28)32-13-21(27)26-16-6-5-15(11-24)20(23)9-16/h2-10,25H,12-13H2,1H3,(H,26,27). The SMILES string of the molecule is Cc1ccc(S(=O)(=O)NCc2ccco2)cc1C(=O)OCC(=O)Nc1ccc(C#N)c(Cl)c1. The highest BCUT2D eigenvalue weighted by atomic mass is 35.5. The lowest BCUT2D eigenvalue weighted by Gasteiger charge is -2.11. The summed E-state index contributed by atoms with van der Waals surface area (Å²) in [6.45, 7) is 0.953. The van der Waals surface area contributed by atoms with Gasteiger partial charge < -0.3 is 14.5 Å². The van der Waals surface area contributed by atoms with Gasteiger partial charge in [-0.1, -0.05) is 17.7 Å². The number of rotatable bonds is 8. The molecule has 3 rings (SSSR count). The number of ether oxygens (including phenoxy) is 1. The maximum absolute atomic E-state index is 12.6. The zero-order chi connectivity index (χ0) is 24.0. The number of nitriles is 1. The smallest absolute Gasteiger partial charge is 0.338 e. The van der Waals surface area contributed by atoms with Gasteiger partial charge >= 0.3 is 5.97 Å². The van der Waals surface area contributed by atoms with Crippen LogP contribution in [0.4, 0.5) is 5.69 Å². The number of hydrogen-bond acceptors (Lipinski definition) is 7. The highest BCUT2D eigenvalue weighted by Gasteiger charge is 2.20.